The van der Waals surface area contributed by atoms with Crippen LogP contribution in [0.1, 0.15) is 30.6 Å². The van der Waals surface area contributed by atoms with Gasteiger partial charge in [0.2, 0.25) is 0 Å². The normalized spacial score (nSPS) is 12.4. The fraction of sp³-hybridized carbons (Fsp3) is 0.318. The molecule has 7 nitrogen and oxygen atoms in total. The van der Waals surface area contributed by atoms with Crippen molar-refractivity contribution in [1.29, 1.82) is 0 Å². The molecule has 2 rings (SSSR count). The molecule has 2 amide bonds. The number of carbonyl (C=O) groups is 3. The van der Waals surface area contributed by atoms with Crippen LogP contribution in [0.5, 0.6) is 5.75 Å². The molecule has 0 aliphatic carbocycles. The Morgan fingerprint density at radius 2 is 1.66 bits per heavy atom. The largest absolute Gasteiger partial charge is 0.483 e. The van der Waals surface area contributed by atoms with E-state index in [9.17, 15) is 14.4 Å². The quantitative estimate of drug-likeness (QED) is 0.634. The standard InChI is InChI=1S/C22H26N2O5/c1-4-15(2)20(22(27)28-3)24-19(25)14-29-18-13-9-8-12-17(18)21(26)23-16-10-6-5-7-11-16/h5-13,15,20H,4,14H2,1-3H3,(H,23,26)(H,24,25). The molecule has 29 heavy (non-hydrogen) atoms. The number of esters is 1. The summed E-state index contributed by atoms with van der Waals surface area (Å²) >= 11 is 0. The Hall–Kier alpha value is -3.35. The van der Waals surface area contributed by atoms with Gasteiger partial charge in [-0.05, 0) is 30.2 Å². The van der Waals surface area contributed by atoms with E-state index in [-0.39, 0.29) is 24.2 Å². The summed E-state index contributed by atoms with van der Waals surface area (Å²) in [4.78, 5) is 36.8. The molecular weight excluding hydrogens is 372 g/mol. The lowest BCUT2D eigenvalue weighted by molar-refractivity contribution is -0.146. The fourth-order valence-electron chi connectivity index (χ4n) is 2.65. The van der Waals surface area contributed by atoms with Crippen molar-refractivity contribution < 1.29 is 23.9 Å². The third kappa shape index (κ3) is 6.34. The molecule has 2 atom stereocenters. The Balaban J connectivity index is 2.02. The smallest absolute Gasteiger partial charge is 0.328 e. The number of benzene rings is 2. The highest BCUT2D eigenvalue weighted by atomic mass is 16.5. The molecule has 2 aromatic carbocycles. The number of ether oxygens (including phenoxy) is 2. The van der Waals surface area contributed by atoms with Crippen LogP contribution in [0.2, 0.25) is 0 Å². The SMILES string of the molecule is CCC(C)C(NC(=O)COc1ccccc1C(=O)Nc1ccccc1)C(=O)OC. The molecule has 0 radical (unpaired) electrons. The molecular formula is C22H26N2O5. The van der Waals surface area contributed by atoms with Gasteiger partial charge in [0.1, 0.15) is 11.8 Å². The predicted octanol–water partition coefficient (Wildman–Crippen LogP) is 3.02. The first-order chi connectivity index (χ1) is 14.0. The molecule has 0 saturated carbocycles. The number of methoxy groups -OCH3 is 1. The topological polar surface area (TPSA) is 93.7 Å². The molecule has 0 aliphatic rings. The summed E-state index contributed by atoms with van der Waals surface area (Å²) < 4.78 is 10.3. The Kier molecular flexibility index (Phi) is 8.21. The van der Waals surface area contributed by atoms with E-state index in [0.29, 0.717) is 17.7 Å². The van der Waals surface area contributed by atoms with Crippen molar-refractivity contribution in [3.05, 3.63) is 60.2 Å². The van der Waals surface area contributed by atoms with E-state index < -0.39 is 17.9 Å². The number of nitrogens with one attached hydrogen (secondary N) is 2. The molecule has 0 heterocycles. The van der Waals surface area contributed by atoms with Crippen molar-refractivity contribution in [1.82, 2.24) is 5.32 Å². The fourth-order valence-corrected chi connectivity index (χ4v) is 2.65. The number of hydrogen-bond acceptors (Lipinski definition) is 5. The minimum absolute atomic E-state index is 0.0877. The number of rotatable bonds is 9. The molecule has 2 unspecified atom stereocenters. The van der Waals surface area contributed by atoms with Crippen LogP contribution in [0.3, 0.4) is 0 Å². The Labute approximate surface area is 170 Å². The summed E-state index contributed by atoms with van der Waals surface area (Å²) in [5.41, 5.74) is 0.954. The first-order valence-electron chi connectivity index (χ1n) is 9.41. The van der Waals surface area contributed by atoms with Crippen LogP contribution < -0.4 is 15.4 Å². The van der Waals surface area contributed by atoms with Gasteiger partial charge in [-0.1, -0.05) is 50.6 Å². The maximum Gasteiger partial charge on any atom is 0.328 e. The monoisotopic (exact) mass is 398 g/mol. The number of amides is 2. The molecule has 2 aromatic rings. The average molecular weight is 398 g/mol. The molecule has 0 aliphatic heterocycles. The van der Waals surface area contributed by atoms with Gasteiger partial charge >= 0.3 is 5.97 Å². The lowest BCUT2D eigenvalue weighted by Crippen LogP contribution is -2.47. The summed E-state index contributed by atoms with van der Waals surface area (Å²) in [6.07, 6.45) is 0.698. The predicted molar refractivity (Wildman–Crippen MR) is 110 cm³/mol. The van der Waals surface area contributed by atoms with Crippen molar-refractivity contribution in [3.63, 3.8) is 0 Å². The van der Waals surface area contributed by atoms with Crippen LogP contribution in [0.4, 0.5) is 5.69 Å². The number of para-hydroxylation sites is 2. The van der Waals surface area contributed by atoms with E-state index in [1.165, 1.54) is 7.11 Å². The third-order valence-electron chi connectivity index (χ3n) is 4.51. The van der Waals surface area contributed by atoms with E-state index in [4.69, 9.17) is 9.47 Å². The van der Waals surface area contributed by atoms with Gasteiger partial charge in [0, 0.05) is 5.69 Å². The first-order valence-corrected chi connectivity index (χ1v) is 9.41. The zero-order chi connectivity index (χ0) is 21.2. The summed E-state index contributed by atoms with van der Waals surface area (Å²) in [5.74, 6) is -1.14. The van der Waals surface area contributed by atoms with Crippen LogP contribution >= 0.6 is 0 Å². The molecule has 0 aromatic heterocycles. The van der Waals surface area contributed by atoms with Gasteiger partial charge in [-0.3, -0.25) is 9.59 Å². The van der Waals surface area contributed by atoms with Crippen LogP contribution in [0.15, 0.2) is 54.6 Å². The summed E-state index contributed by atoms with van der Waals surface area (Å²) in [5, 5.41) is 5.42. The van der Waals surface area contributed by atoms with Crippen molar-refractivity contribution in [2.75, 3.05) is 19.0 Å². The second-order valence-corrected chi connectivity index (χ2v) is 6.56. The van der Waals surface area contributed by atoms with E-state index >= 15 is 0 Å². The molecule has 154 valence electrons. The van der Waals surface area contributed by atoms with Crippen LogP contribution in [-0.4, -0.2) is 37.5 Å². The molecule has 0 fully saturated rings. The van der Waals surface area contributed by atoms with Crippen molar-refractivity contribution in [3.8, 4) is 5.75 Å². The summed E-state index contributed by atoms with van der Waals surface area (Å²) in [6.45, 7) is 3.44. The molecule has 2 N–H and O–H groups in total. The maximum absolute atomic E-state index is 12.6. The van der Waals surface area contributed by atoms with Crippen LogP contribution in [-0.2, 0) is 14.3 Å². The molecule has 0 bridgehead atoms. The van der Waals surface area contributed by atoms with Gasteiger partial charge in [0.25, 0.3) is 11.8 Å². The second-order valence-electron chi connectivity index (χ2n) is 6.56. The molecule has 7 heteroatoms. The van der Waals surface area contributed by atoms with Gasteiger partial charge < -0.3 is 20.1 Å². The summed E-state index contributed by atoms with van der Waals surface area (Å²) in [6, 6.07) is 14.9. The Morgan fingerprint density at radius 3 is 2.31 bits per heavy atom. The van der Waals surface area contributed by atoms with E-state index in [0.717, 1.165) is 0 Å². The average Bonchev–Trinajstić information content (AvgIpc) is 2.75. The zero-order valence-electron chi connectivity index (χ0n) is 16.8. The van der Waals surface area contributed by atoms with Crippen molar-refractivity contribution >= 4 is 23.5 Å². The van der Waals surface area contributed by atoms with Crippen molar-refractivity contribution in [2.24, 2.45) is 5.92 Å². The minimum Gasteiger partial charge on any atom is -0.483 e. The second kappa shape index (κ2) is 10.8. The van der Waals surface area contributed by atoms with Gasteiger partial charge in [0.05, 0.1) is 12.7 Å². The number of hydrogen-bond donors (Lipinski definition) is 2. The van der Waals surface area contributed by atoms with E-state index in [1.807, 2.05) is 32.0 Å². The van der Waals surface area contributed by atoms with E-state index in [1.54, 1.807) is 36.4 Å². The maximum atomic E-state index is 12.6. The third-order valence-corrected chi connectivity index (χ3v) is 4.51. The number of anilines is 1. The van der Waals surface area contributed by atoms with Gasteiger partial charge in [-0.25, -0.2) is 4.79 Å². The highest BCUT2D eigenvalue weighted by Crippen LogP contribution is 2.20. The highest BCUT2D eigenvalue weighted by molar-refractivity contribution is 6.06. The zero-order valence-corrected chi connectivity index (χ0v) is 16.8. The van der Waals surface area contributed by atoms with Crippen LogP contribution in [0, 0.1) is 5.92 Å². The van der Waals surface area contributed by atoms with E-state index in [2.05, 4.69) is 10.6 Å². The Bertz CT molecular complexity index is 838. The first kappa shape index (κ1) is 21.9. The lowest BCUT2D eigenvalue weighted by Gasteiger charge is -2.22. The van der Waals surface area contributed by atoms with Crippen molar-refractivity contribution in [2.45, 2.75) is 26.3 Å². The van der Waals surface area contributed by atoms with Gasteiger partial charge in [0.15, 0.2) is 6.61 Å². The lowest BCUT2D eigenvalue weighted by atomic mass is 9.99. The summed E-state index contributed by atoms with van der Waals surface area (Å²) in [7, 11) is 1.28. The minimum atomic E-state index is -0.752. The molecule has 0 spiro atoms. The van der Waals surface area contributed by atoms with Crippen LogP contribution in [0.25, 0.3) is 0 Å². The molecule has 0 saturated heterocycles. The Morgan fingerprint density at radius 1 is 1.00 bits per heavy atom. The van der Waals surface area contributed by atoms with Gasteiger partial charge in [-0.2, -0.15) is 0 Å². The number of carbonyl (C=O) groups excluding carboxylic acids is 3. The van der Waals surface area contributed by atoms with Gasteiger partial charge in [-0.15, -0.1) is 0 Å². The highest BCUT2D eigenvalue weighted by Gasteiger charge is 2.26.